The smallest absolute Gasteiger partial charge is 0.239 e. The molecule has 6 nitrogen and oxygen atoms in total. The molecule has 0 N–H and O–H groups in total. The van der Waals surface area contributed by atoms with Gasteiger partial charge in [0.15, 0.2) is 5.78 Å². The molecule has 28 heavy (non-hydrogen) atoms. The normalized spacial score (nSPS) is 24.9. The van der Waals surface area contributed by atoms with E-state index in [-0.39, 0.29) is 35.8 Å². The third-order valence-electron chi connectivity index (χ3n) is 5.65. The van der Waals surface area contributed by atoms with Crippen LogP contribution < -0.4 is 4.90 Å². The van der Waals surface area contributed by atoms with E-state index in [9.17, 15) is 14.0 Å². The maximum atomic E-state index is 14.4. The lowest BCUT2D eigenvalue weighted by Gasteiger charge is -2.42. The third kappa shape index (κ3) is 4.52. The molecule has 0 unspecified atom stereocenters. The SMILES string of the molecule is CC(=O)c1ccc(N2CCN([C@H](C)C(=O)N3C[C@@H](C)O[C@@H](C)C3)CC2)c(F)c1. The van der Waals surface area contributed by atoms with Crippen LogP contribution in [0.1, 0.15) is 38.1 Å². The van der Waals surface area contributed by atoms with E-state index in [1.165, 1.54) is 13.0 Å². The molecule has 1 aromatic rings. The summed E-state index contributed by atoms with van der Waals surface area (Å²) in [6.45, 7) is 11.3. The summed E-state index contributed by atoms with van der Waals surface area (Å²) in [5, 5.41) is 0. The molecule has 2 fully saturated rings. The first-order valence-electron chi connectivity index (χ1n) is 10.00. The highest BCUT2D eigenvalue weighted by molar-refractivity contribution is 5.94. The summed E-state index contributed by atoms with van der Waals surface area (Å²) in [6.07, 6.45) is 0.107. The molecule has 0 aromatic heterocycles. The van der Waals surface area contributed by atoms with Crippen LogP contribution in [0.4, 0.5) is 10.1 Å². The van der Waals surface area contributed by atoms with Crippen molar-refractivity contribution >= 4 is 17.4 Å². The Morgan fingerprint density at radius 2 is 1.71 bits per heavy atom. The molecule has 0 spiro atoms. The minimum absolute atomic E-state index is 0.0534. The van der Waals surface area contributed by atoms with Crippen molar-refractivity contribution in [3.05, 3.63) is 29.6 Å². The molecule has 2 aliphatic rings. The molecule has 1 amide bonds. The van der Waals surface area contributed by atoms with Gasteiger partial charge in [-0.1, -0.05) is 0 Å². The van der Waals surface area contributed by atoms with Crippen LogP contribution >= 0.6 is 0 Å². The molecular weight excluding hydrogens is 361 g/mol. The monoisotopic (exact) mass is 391 g/mol. The van der Waals surface area contributed by atoms with Crippen LogP contribution in [0.3, 0.4) is 0 Å². The van der Waals surface area contributed by atoms with Gasteiger partial charge in [-0.05, 0) is 45.9 Å². The Morgan fingerprint density at radius 1 is 1.11 bits per heavy atom. The van der Waals surface area contributed by atoms with Crippen LogP contribution in [0, 0.1) is 5.82 Å². The number of amides is 1. The largest absolute Gasteiger partial charge is 0.372 e. The minimum atomic E-state index is -0.374. The number of piperazine rings is 1. The lowest BCUT2D eigenvalue weighted by atomic mass is 10.1. The summed E-state index contributed by atoms with van der Waals surface area (Å²) in [5.74, 6) is -0.386. The lowest BCUT2D eigenvalue weighted by molar-refractivity contribution is -0.148. The van der Waals surface area contributed by atoms with Crippen molar-refractivity contribution in [3.63, 3.8) is 0 Å². The van der Waals surface area contributed by atoms with E-state index < -0.39 is 0 Å². The molecule has 1 aromatic carbocycles. The lowest BCUT2D eigenvalue weighted by Crippen LogP contribution is -2.57. The van der Waals surface area contributed by atoms with Crippen molar-refractivity contribution in [2.75, 3.05) is 44.2 Å². The van der Waals surface area contributed by atoms with Gasteiger partial charge in [-0.2, -0.15) is 0 Å². The zero-order valence-electron chi connectivity index (χ0n) is 17.2. The Morgan fingerprint density at radius 3 is 2.25 bits per heavy atom. The zero-order chi connectivity index (χ0) is 20.4. The summed E-state index contributed by atoms with van der Waals surface area (Å²) >= 11 is 0. The first kappa shape index (κ1) is 20.7. The van der Waals surface area contributed by atoms with Gasteiger partial charge in [0.1, 0.15) is 5.82 Å². The predicted molar refractivity (Wildman–Crippen MR) is 106 cm³/mol. The standard InChI is InChI=1S/C21H30FN3O3/c1-14-12-25(13-15(2)28-14)21(27)16(3)23-7-9-24(10-8-23)20-6-5-18(17(4)26)11-19(20)22/h5-6,11,14-16H,7-10,12-13H2,1-4H3/t14-,15+,16-/m1/s1. The average molecular weight is 391 g/mol. The number of morpholine rings is 1. The Bertz CT molecular complexity index is 724. The van der Waals surface area contributed by atoms with E-state index in [0.29, 0.717) is 50.5 Å². The van der Waals surface area contributed by atoms with Crippen LogP contribution in [0.15, 0.2) is 18.2 Å². The second-order valence-electron chi connectivity index (χ2n) is 7.92. The fraction of sp³-hybridized carbons (Fsp3) is 0.619. The van der Waals surface area contributed by atoms with Gasteiger partial charge in [0.25, 0.3) is 0 Å². The van der Waals surface area contributed by atoms with E-state index >= 15 is 0 Å². The van der Waals surface area contributed by atoms with Gasteiger partial charge in [-0.3, -0.25) is 14.5 Å². The molecule has 0 radical (unpaired) electrons. The Hall–Kier alpha value is -1.99. The van der Waals surface area contributed by atoms with Crippen LogP contribution in [-0.2, 0) is 9.53 Å². The summed E-state index contributed by atoms with van der Waals surface area (Å²) < 4.78 is 20.1. The number of Topliss-reactive ketones (excluding diaryl/α,β-unsaturated/α-hetero) is 1. The van der Waals surface area contributed by atoms with Gasteiger partial charge in [0.05, 0.1) is 23.9 Å². The number of rotatable bonds is 4. The summed E-state index contributed by atoms with van der Waals surface area (Å²) in [5.41, 5.74) is 0.896. The number of hydrogen-bond donors (Lipinski definition) is 0. The predicted octanol–water partition coefficient (Wildman–Crippen LogP) is 2.17. The van der Waals surface area contributed by atoms with Gasteiger partial charge < -0.3 is 14.5 Å². The number of ether oxygens (including phenoxy) is 1. The van der Waals surface area contributed by atoms with Crippen molar-refractivity contribution in [2.45, 2.75) is 45.9 Å². The molecule has 2 aliphatic heterocycles. The second kappa shape index (κ2) is 8.57. The van der Waals surface area contributed by atoms with Crippen molar-refractivity contribution in [1.29, 1.82) is 0 Å². The van der Waals surface area contributed by atoms with Crippen molar-refractivity contribution in [3.8, 4) is 0 Å². The van der Waals surface area contributed by atoms with Gasteiger partial charge in [-0.25, -0.2) is 4.39 Å². The van der Waals surface area contributed by atoms with Crippen LogP contribution in [0.5, 0.6) is 0 Å². The van der Waals surface area contributed by atoms with Gasteiger partial charge in [0.2, 0.25) is 5.91 Å². The fourth-order valence-electron chi connectivity index (χ4n) is 4.11. The summed E-state index contributed by atoms with van der Waals surface area (Å²) in [4.78, 5) is 30.4. The quantitative estimate of drug-likeness (QED) is 0.737. The number of halogens is 1. The van der Waals surface area contributed by atoms with E-state index in [2.05, 4.69) is 4.90 Å². The highest BCUT2D eigenvalue weighted by Gasteiger charge is 2.33. The Labute approximate surface area is 166 Å². The maximum Gasteiger partial charge on any atom is 0.239 e. The number of carbonyl (C=O) groups is 2. The maximum absolute atomic E-state index is 14.4. The average Bonchev–Trinajstić information content (AvgIpc) is 2.66. The first-order chi connectivity index (χ1) is 13.3. The molecule has 3 atom stereocenters. The van der Waals surface area contributed by atoms with Gasteiger partial charge in [-0.15, -0.1) is 0 Å². The number of ketones is 1. The third-order valence-corrected chi connectivity index (χ3v) is 5.65. The Kier molecular flexibility index (Phi) is 6.35. The Balaban J connectivity index is 1.59. The van der Waals surface area contributed by atoms with Crippen LogP contribution in [0.2, 0.25) is 0 Å². The number of nitrogens with zero attached hydrogens (tertiary/aromatic N) is 3. The zero-order valence-corrected chi connectivity index (χ0v) is 17.2. The number of carbonyl (C=O) groups excluding carboxylic acids is 2. The van der Waals surface area contributed by atoms with Crippen LogP contribution in [0.25, 0.3) is 0 Å². The summed E-state index contributed by atoms with van der Waals surface area (Å²) in [7, 11) is 0. The number of anilines is 1. The molecule has 2 heterocycles. The van der Waals surface area contributed by atoms with E-state index in [0.717, 1.165) is 0 Å². The molecule has 0 bridgehead atoms. The molecule has 3 rings (SSSR count). The van der Waals surface area contributed by atoms with Gasteiger partial charge >= 0.3 is 0 Å². The van der Waals surface area contributed by atoms with Crippen molar-refractivity contribution in [2.24, 2.45) is 0 Å². The molecular formula is C21H30FN3O3. The van der Waals surface area contributed by atoms with Gasteiger partial charge in [0, 0.05) is 44.8 Å². The first-order valence-corrected chi connectivity index (χ1v) is 10.00. The molecule has 0 aliphatic carbocycles. The van der Waals surface area contributed by atoms with E-state index in [1.807, 2.05) is 30.6 Å². The molecule has 7 heteroatoms. The highest BCUT2D eigenvalue weighted by atomic mass is 19.1. The fourth-order valence-corrected chi connectivity index (χ4v) is 4.11. The second-order valence-corrected chi connectivity index (χ2v) is 7.92. The highest BCUT2D eigenvalue weighted by Crippen LogP contribution is 2.23. The molecule has 0 saturated carbocycles. The van der Waals surface area contributed by atoms with E-state index in [4.69, 9.17) is 4.74 Å². The number of hydrogen-bond acceptors (Lipinski definition) is 5. The molecule has 154 valence electrons. The molecule has 2 saturated heterocycles. The minimum Gasteiger partial charge on any atom is -0.372 e. The number of benzene rings is 1. The van der Waals surface area contributed by atoms with Crippen molar-refractivity contribution in [1.82, 2.24) is 9.80 Å². The topological polar surface area (TPSA) is 53.1 Å². The summed E-state index contributed by atoms with van der Waals surface area (Å²) in [6, 6.07) is 4.44. The van der Waals surface area contributed by atoms with E-state index in [1.54, 1.807) is 12.1 Å². The van der Waals surface area contributed by atoms with Crippen molar-refractivity contribution < 1.29 is 18.7 Å². The van der Waals surface area contributed by atoms with Crippen LogP contribution in [-0.4, -0.2) is 79.0 Å².